The Labute approximate surface area is 134 Å². The van der Waals surface area contributed by atoms with Crippen molar-refractivity contribution >= 4 is 11.9 Å². The largest absolute Gasteiger partial charge is 0.478 e. The molecule has 0 saturated heterocycles. The zero-order valence-electron chi connectivity index (χ0n) is 13.0. The molecule has 0 bridgehead atoms. The van der Waals surface area contributed by atoms with E-state index in [1.807, 2.05) is 13.1 Å². The van der Waals surface area contributed by atoms with E-state index in [9.17, 15) is 9.59 Å². The van der Waals surface area contributed by atoms with Gasteiger partial charge in [-0.15, -0.1) is 0 Å². The maximum Gasteiger partial charge on any atom is 0.335 e. The van der Waals surface area contributed by atoms with Crippen LogP contribution in [-0.2, 0) is 13.5 Å². The predicted molar refractivity (Wildman–Crippen MR) is 84.6 cm³/mol. The Kier molecular flexibility index (Phi) is 4.14. The molecule has 0 aliphatic heterocycles. The number of carbonyl (C=O) groups excluding carboxylic acids is 1. The summed E-state index contributed by atoms with van der Waals surface area (Å²) in [6.45, 7) is 0.459. The fourth-order valence-electron chi connectivity index (χ4n) is 2.74. The zero-order valence-corrected chi connectivity index (χ0v) is 13.0. The van der Waals surface area contributed by atoms with Gasteiger partial charge < -0.3 is 10.4 Å². The third kappa shape index (κ3) is 3.41. The first-order valence-corrected chi connectivity index (χ1v) is 7.68. The van der Waals surface area contributed by atoms with Crippen LogP contribution in [0.25, 0.3) is 0 Å². The first-order chi connectivity index (χ1) is 11.1. The minimum Gasteiger partial charge on any atom is -0.478 e. The van der Waals surface area contributed by atoms with Crippen LogP contribution in [0.5, 0.6) is 0 Å². The Bertz CT molecular complexity index is 747. The molecule has 1 heterocycles. The average molecular weight is 313 g/mol. The smallest absolute Gasteiger partial charge is 0.335 e. The summed E-state index contributed by atoms with van der Waals surface area (Å²) in [6.07, 6.45) is 4.43. The molecule has 23 heavy (non-hydrogen) atoms. The summed E-state index contributed by atoms with van der Waals surface area (Å²) in [5, 5.41) is 16.1. The van der Waals surface area contributed by atoms with Crippen molar-refractivity contribution in [1.82, 2.24) is 15.1 Å². The van der Waals surface area contributed by atoms with E-state index >= 15 is 0 Å². The number of rotatable bonds is 6. The van der Waals surface area contributed by atoms with E-state index in [-0.39, 0.29) is 11.5 Å². The van der Waals surface area contributed by atoms with Gasteiger partial charge in [0, 0.05) is 19.5 Å². The molecule has 1 fully saturated rings. The lowest BCUT2D eigenvalue weighted by molar-refractivity contribution is 0.0696. The SMILES string of the molecule is Cn1ncc(C(=O)NCCc2cccc(C(=O)O)c2)c1C1CC1. The fourth-order valence-corrected chi connectivity index (χ4v) is 2.74. The fraction of sp³-hybridized carbons (Fsp3) is 0.353. The van der Waals surface area contributed by atoms with E-state index in [4.69, 9.17) is 5.11 Å². The lowest BCUT2D eigenvalue weighted by Gasteiger charge is -2.07. The van der Waals surface area contributed by atoms with Gasteiger partial charge in [-0.3, -0.25) is 9.48 Å². The zero-order chi connectivity index (χ0) is 16.4. The third-order valence-electron chi connectivity index (χ3n) is 4.07. The van der Waals surface area contributed by atoms with Crippen molar-refractivity contribution in [2.24, 2.45) is 7.05 Å². The summed E-state index contributed by atoms with van der Waals surface area (Å²) >= 11 is 0. The molecular formula is C17H19N3O3. The molecule has 1 aliphatic rings. The highest BCUT2D eigenvalue weighted by Gasteiger charge is 2.31. The maximum absolute atomic E-state index is 12.3. The van der Waals surface area contributed by atoms with Crippen LogP contribution in [0.3, 0.4) is 0 Å². The van der Waals surface area contributed by atoms with Crippen molar-refractivity contribution < 1.29 is 14.7 Å². The number of nitrogens with zero attached hydrogens (tertiary/aromatic N) is 2. The molecule has 2 aromatic rings. The van der Waals surface area contributed by atoms with Crippen LogP contribution in [0.4, 0.5) is 0 Å². The Balaban J connectivity index is 1.59. The number of aromatic nitrogens is 2. The molecule has 6 nitrogen and oxygen atoms in total. The molecule has 0 unspecified atom stereocenters. The van der Waals surface area contributed by atoms with E-state index in [2.05, 4.69) is 10.4 Å². The molecule has 0 atom stereocenters. The number of benzene rings is 1. The van der Waals surface area contributed by atoms with E-state index < -0.39 is 5.97 Å². The first-order valence-electron chi connectivity index (χ1n) is 7.68. The van der Waals surface area contributed by atoms with Gasteiger partial charge in [0.15, 0.2) is 0 Å². The summed E-state index contributed by atoms with van der Waals surface area (Å²) in [7, 11) is 1.86. The molecule has 1 aromatic heterocycles. The first kappa shape index (κ1) is 15.3. The molecule has 120 valence electrons. The van der Waals surface area contributed by atoms with Gasteiger partial charge in [0.2, 0.25) is 0 Å². The molecule has 6 heteroatoms. The number of carbonyl (C=O) groups is 2. The lowest BCUT2D eigenvalue weighted by Crippen LogP contribution is -2.26. The normalized spacial score (nSPS) is 13.8. The van der Waals surface area contributed by atoms with Gasteiger partial charge in [-0.2, -0.15) is 5.10 Å². The number of hydrogen-bond donors (Lipinski definition) is 2. The van der Waals surface area contributed by atoms with Crippen LogP contribution in [-0.4, -0.2) is 33.3 Å². The highest BCUT2D eigenvalue weighted by molar-refractivity contribution is 5.95. The van der Waals surface area contributed by atoms with Gasteiger partial charge >= 0.3 is 5.97 Å². The average Bonchev–Trinajstić information content (AvgIpc) is 3.29. The van der Waals surface area contributed by atoms with Gasteiger partial charge in [0.1, 0.15) is 0 Å². The second-order valence-electron chi connectivity index (χ2n) is 5.85. The molecule has 1 aromatic carbocycles. The van der Waals surface area contributed by atoms with Gasteiger partial charge in [0.05, 0.1) is 23.0 Å². The molecule has 0 spiro atoms. The quantitative estimate of drug-likeness (QED) is 0.854. The van der Waals surface area contributed by atoms with Crippen LogP contribution < -0.4 is 5.32 Å². The van der Waals surface area contributed by atoms with Crippen molar-refractivity contribution in [3.63, 3.8) is 0 Å². The van der Waals surface area contributed by atoms with Gasteiger partial charge in [-0.05, 0) is 37.0 Å². The highest BCUT2D eigenvalue weighted by Crippen LogP contribution is 2.41. The van der Waals surface area contributed by atoms with Crippen LogP contribution in [0, 0.1) is 0 Å². The summed E-state index contributed by atoms with van der Waals surface area (Å²) in [5.41, 5.74) is 2.81. The topological polar surface area (TPSA) is 84.2 Å². The van der Waals surface area contributed by atoms with Gasteiger partial charge in [0.25, 0.3) is 5.91 Å². The van der Waals surface area contributed by atoms with E-state index in [1.165, 1.54) is 0 Å². The monoisotopic (exact) mass is 313 g/mol. The molecule has 2 N–H and O–H groups in total. The van der Waals surface area contributed by atoms with Crippen LogP contribution >= 0.6 is 0 Å². The Morgan fingerprint density at radius 2 is 2.17 bits per heavy atom. The molecule has 1 saturated carbocycles. The van der Waals surface area contributed by atoms with Crippen molar-refractivity contribution in [3.8, 4) is 0 Å². The maximum atomic E-state index is 12.3. The molecule has 1 aliphatic carbocycles. The highest BCUT2D eigenvalue weighted by atomic mass is 16.4. The number of nitrogens with one attached hydrogen (secondary N) is 1. The minimum atomic E-state index is -0.944. The number of aromatic carboxylic acids is 1. The number of aryl methyl sites for hydroxylation is 1. The van der Waals surface area contributed by atoms with Crippen molar-refractivity contribution in [3.05, 3.63) is 52.8 Å². The van der Waals surface area contributed by atoms with Crippen molar-refractivity contribution in [2.45, 2.75) is 25.2 Å². The second-order valence-corrected chi connectivity index (χ2v) is 5.85. The number of carboxylic acid groups (broad SMARTS) is 1. The number of amides is 1. The van der Waals surface area contributed by atoms with Crippen molar-refractivity contribution in [2.75, 3.05) is 6.54 Å². The number of hydrogen-bond acceptors (Lipinski definition) is 3. The summed E-state index contributed by atoms with van der Waals surface area (Å²) in [4.78, 5) is 23.3. The van der Waals surface area contributed by atoms with Gasteiger partial charge in [-0.25, -0.2) is 4.79 Å². The summed E-state index contributed by atoms with van der Waals surface area (Å²) in [6, 6.07) is 6.77. The molecule has 1 amide bonds. The van der Waals surface area contributed by atoms with Crippen molar-refractivity contribution in [1.29, 1.82) is 0 Å². The molecular weight excluding hydrogens is 294 g/mol. The Morgan fingerprint density at radius 1 is 1.39 bits per heavy atom. The Hall–Kier alpha value is -2.63. The summed E-state index contributed by atoms with van der Waals surface area (Å²) in [5.74, 6) is -0.606. The lowest BCUT2D eigenvalue weighted by atomic mass is 10.1. The summed E-state index contributed by atoms with van der Waals surface area (Å²) < 4.78 is 1.78. The second kappa shape index (κ2) is 6.24. The van der Waals surface area contributed by atoms with Crippen LogP contribution in [0.1, 0.15) is 50.7 Å². The predicted octanol–water partition coefficient (Wildman–Crippen LogP) is 1.97. The van der Waals surface area contributed by atoms with Crippen LogP contribution in [0.2, 0.25) is 0 Å². The van der Waals surface area contributed by atoms with Crippen LogP contribution in [0.15, 0.2) is 30.5 Å². The van der Waals surface area contributed by atoms with Gasteiger partial charge in [-0.1, -0.05) is 12.1 Å². The van der Waals surface area contributed by atoms with E-state index in [1.54, 1.807) is 29.1 Å². The number of carboxylic acids is 1. The molecule has 3 rings (SSSR count). The third-order valence-corrected chi connectivity index (χ3v) is 4.07. The van der Waals surface area contributed by atoms with E-state index in [0.29, 0.717) is 24.4 Å². The standard InChI is InChI=1S/C17H19N3O3/c1-20-15(12-5-6-12)14(10-19-20)16(21)18-8-7-11-3-2-4-13(9-11)17(22)23/h2-4,9-10,12H,5-8H2,1H3,(H,18,21)(H,22,23). The van der Waals surface area contributed by atoms with E-state index in [0.717, 1.165) is 24.1 Å². The Morgan fingerprint density at radius 3 is 2.87 bits per heavy atom. The molecule has 0 radical (unpaired) electrons. The minimum absolute atomic E-state index is 0.116.